The molecular formula is C16H23N3O. The normalized spacial score (nSPS) is 10.8. The van der Waals surface area contributed by atoms with Crippen molar-refractivity contribution in [2.24, 2.45) is 0 Å². The maximum atomic E-state index is 5.29. The summed E-state index contributed by atoms with van der Waals surface area (Å²) in [5.74, 6) is 0.855. The summed E-state index contributed by atoms with van der Waals surface area (Å²) in [7, 11) is 1.69. The fourth-order valence-electron chi connectivity index (χ4n) is 2.28. The number of aromatic nitrogens is 2. The molecule has 0 aliphatic carbocycles. The molecule has 0 amide bonds. The van der Waals surface area contributed by atoms with Crippen LogP contribution in [0.2, 0.25) is 0 Å². The van der Waals surface area contributed by atoms with Gasteiger partial charge in [0.15, 0.2) is 0 Å². The molecule has 0 aliphatic heterocycles. The van der Waals surface area contributed by atoms with Gasteiger partial charge in [-0.05, 0) is 25.1 Å². The molecule has 0 bridgehead atoms. The van der Waals surface area contributed by atoms with Crippen LogP contribution in [0.25, 0.3) is 5.69 Å². The van der Waals surface area contributed by atoms with Gasteiger partial charge in [0.1, 0.15) is 5.75 Å². The first-order valence-electron chi connectivity index (χ1n) is 7.21. The Morgan fingerprint density at radius 3 is 2.85 bits per heavy atom. The molecule has 4 heteroatoms. The molecule has 2 rings (SSSR count). The minimum Gasteiger partial charge on any atom is -0.497 e. The lowest BCUT2D eigenvalue weighted by atomic mass is 10.1. The third kappa shape index (κ3) is 3.20. The van der Waals surface area contributed by atoms with E-state index in [9.17, 15) is 0 Å². The molecule has 0 aliphatic rings. The average Bonchev–Trinajstić information content (AvgIpc) is 2.88. The zero-order chi connectivity index (χ0) is 14.4. The number of ether oxygens (including phenoxy) is 1. The minimum atomic E-state index is 0.855. The Hall–Kier alpha value is -1.81. The van der Waals surface area contributed by atoms with E-state index in [4.69, 9.17) is 4.74 Å². The van der Waals surface area contributed by atoms with Gasteiger partial charge in [-0.2, -0.15) is 5.10 Å². The number of benzene rings is 1. The molecule has 0 saturated carbocycles. The lowest BCUT2D eigenvalue weighted by Crippen LogP contribution is -2.13. The van der Waals surface area contributed by atoms with Gasteiger partial charge in [-0.15, -0.1) is 0 Å². The van der Waals surface area contributed by atoms with Gasteiger partial charge in [0.05, 0.1) is 19.0 Å². The molecule has 0 spiro atoms. The molecule has 1 N–H and O–H groups in total. The maximum Gasteiger partial charge on any atom is 0.121 e. The highest BCUT2D eigenvalue weighted by Gasteiger charge is 2.11. The Bertz CT molecular complexity index is 548. The average molecular weight is 273 g/mol. The van der Waals surface area contributed by atoms with Crippen molar-refractivity contribution < 1.29 is 4.74 Å². The quantitative estimate of drug-likeness (QED) is 0.843. The second kappa shape index (κ2) is 7.10. The molecule has 4 nitrogen and oxygen atoms in total. The summed E-state index contributed by atoms with van der Waals surface area (Å²) >= 11 is 0. The third-order valence-corrected chi connectivity index (χ3v) is 3.31. The first kappa shape index (κ1) is 14.6. The van der Waals surface area contributed by atoms with E-state index in [-0.39, 0.29) is 0 Å². The van der Waals surface area contributed by atoms with Crippen LogP contribution in [0.5, 0.6) is 5.75 Å². The van der Waals surface area contributed by atoms with E-state index in [1.807, 2.05) is 29.1 Å². The predicted molar refractivity (Wildman–Crippen MR) is 81.5 cm³/mol. The van der Waals surface area contributed by atoms with E-state index >= 15 is 0 Å². The summed E-state index contributed by atoms with van der Waals surface area (Å²) in [6.07, 6.45) is 4.10. The van der Waals surface area contributed by atoms with E-state index < -0.39 is 0 Å². The number of nitrogens with one attached hydrogen (secondary N) is 1. The van der Waals surface area contributed by atoms with Crippen molar-refractivity contribution in [1.82, 2.24) is 15.1 Å². The largest absolute Gasteiger partial charge is 0.497 e. The lowest BCUT2D eigenvalue weighted by Gasteiger charge is -2.10. The Labute approximate surface area is 120 Å². The third-order valence-electron chi connectivity index (χ3n) is 3.31. The predicted octanol–water partition coefficient (Wildman–Crippen LogP) is 2.94. The molecule has 1 heterocycles. The van der Waals surface area contributed by atoms with Crippen molar-refractivity contribution in [1.29, 1.82) is 0 Å². The van der Waals surface area contributed by atoms with Crippen molar-refractivity contribution in [3.05, 3.63) is 41.7 Å². The number of hydrogen-bond acceptors (Lipinski definition) is 3. The van der Waals surface area contributed by atoms with Crippen molar-refractivity contribution in [2.45, 2.75) is 33.2 Å². The van der Waals surface area contributed by atoms with Gasteiger partial charge < -0.3 is 10.1 Å². The number of nitrogens with zero attached hydrogens (tertiary/aromatic N) is 2. The van der Waals surface area contributed by atoms with Gasteiger partial charge in [0.2, 0.25) is 0 Å². The SMILES string of the molecule is CCCc1c(CNCC)cnn1-c1cccc(OC)c1. The highest BCUT2D eigenvalue weighted by atomic mass is 16.5. The molecule has 0 radical (unpaired) electrons. The number of rotatable bonds is 7. The molecule has 1 aromatic heterocycles. The van der Waals surface area contributed by atoms with Gasteiger partial charge >= 0.3 is 0 Å². The molecule has 0 saturated heterocycles. The molecule has 0 fully saturated rings. The van der Waals surface area contributed by atoms with E-state index in [0.717, 1.165) is 37.4 Å². The molecule has 0 atom stereocenters. The van der Waals surface area contributed by atoms with E-state index in [2.05, 4.69) is 30.3 Å². The topological polar surface area (TPSA) is 39.1 Å². The first-order valence-corrected chi connectivity index (χ1v) is 7.21. The highest BCUT2D eigenvalue weighted by Crippen LogP contribution is 2.20. The Morgan fingerprint density at radius 2 is 2.15 bits per heavy atom. The maximum absolute atomic E-state index is 5.29. The Balaban J connectivity index is 2.36. The van der Waals surface area contributed by atoms with E-state index in [1.54, 1.807) is 7.11 Å². The summed E-state index contributed by atoms with van der Waals surface area (Å²) in [5.41, 5.74) is 3.61. The molecule has 20 heavy (non-hydrogen) atoms. The van der Waals surface area contributed by atoms with Crippen LogP contribution in [0.15, 0.2) is 30.5 Å². The van der Waals surface area contributed by atoms with Gasteiger partial charge in [0, 0.05) is 23.9 Å². The monoisotopic (exact) mass is 273 g/mol. The van der Waals surface area contributed by atoms with Crippen LogP contribution in [-0.2, 0) is 13.0 Å². The van der Waals surface area contributed by atoms with Crippen molar-refractivity contribution >= 4 is 0 Å². The fraction of sp³-hybridized carbons (Fsp3) is 0.438. The van der Waals surface area contributed by atoms with Crippen molar-refractivity contribution in [2.75, 3.05) is 13.7 Å². The van der Waals surface area contributed by atoms with Crippen LogP contribution in [0.3, 0.4) is 0 Å². The second-order valence-corrected chi connectivity index (χ2v) is 4.76. The zero-order valence-electron chi connectivity index (χ0n) is 12.5. The second-order valence-electron chi connectivity index (χ2n) is 4.76. The standard InChI is InChI=1S/C16H23N3O/c1-4-7-16-13(11-17-5-2)12-18-19(16)14-8-6-9-15(10-14)20-3/h6,8-10,12,17H,4-5,7,11H2,1-3H3. The highest BCUT2D eigenvalue weighted by molar-refractivity contribution is 5.41. The van der Waals surface area contributed by atoms with Crippen LogP contribution in [-0.4, -0.2) is 23.4 Å². The summed E-state index contributed by atoms with van der Waals surface area (Å²) in [6, 6.07) is 8.02. The summed E-state index contributed by atoms with van der Waals surface area (Å²) in [5, 5.41) is 7.93. The summed E-state index contributed by atoms with van der Waals surface area (Å²) in [6.45, 7) is 6.15. The van der Waals surface area contributed by atoms with Crippen LogP contribution >= 0.6 is 0 Å². The zero-order valence-corrected chi connectivity index (χ0v) is 12.5. The van der Waals surface area contributed by atoms with Gasteiger partial charge in [-0.3, -0.25) is 0 Å². The Morgan fingerprint density at radius 1 is 1.30 bits per heavy atom. The van der Waals surface area contributed by atoms with Crippen LogP contribution in [0.4, 0.5) is 0 Å². The van der Waals surface area contributed by atoms with Crippen LogP contribution < -0.4 is 10.1 Å². The van der Waals surface area contributed by atoms with Crippen LogP contribution in [0, 0.1) is 0 Å². The van der Waals surface area contributed by atoms with E-state index in [1.165, 1.54) is 11.3 Å². The van der Waals surface area contributed by atoms with E-state index in [0.29, 0.717) is 0 Å². The van der Waals surface area contributed by atoms with Gasteiger partial charge in [-0.1, -0.05) is 26.3 Å². The lowest BCUT2D eigenvalue weighted by molar-refractivity contribution is 0.414. The Kier molecular flexibility index (Phi) is 5.18. The van der Waals surface area contributed by atoms with Gasteiger partial charge in [0.25, 0.3) is 0 Å². The molecule has 2 aromatic rings. The number of methoxy groups -OCH3 is 1. The van der Waals surface area contributed by atoms with Crippen molar-refractivity contribution in [3.8, 4) is 11.4 Å². The van der Waals surface area contributed by atoms with Gasteiger partial charge in [-0.25, -0.2) is 4.68 Å². The van der Waals surface area contributed by atoms with Crippen LogP contribution in [0.1, 0.15) is 31.5 Å². The summed E-state index contributed by atoms with van der Waals surface area (Å²) in [4.78, 5) is 0. The smallest absolute Gasteiger partial charge is 0.121 e. The molecular weight excluding hydrogens is 250 g/mol. The molecule has 0 unspecified atom stereocenters. The first-order chi connectivity index (χ1) is 9.80. The molecule has 1 aromatic carbocycles. The summed E-state index contributed by atoms with van der Waals surface area (Å²) < 4.78 is 7.32. The minimum absolute atomic E-state index is 0.855. The van der Waals surface area contributed by atoms with Crippen molar-refractivity contribution in [3.63, 3.8) is 0 Å². The molecule has 108 valence electrons. The number of hydrogen-bond donors (Lipinski definition) is 1. The fourth-order valence-corrected chi connectivity index (χ4v) is 2.28.